The van der Waals surface area contributed by atoms with Gasteiger partial charge in [0.25, 0.3) is 0 Å². The summed E-state index contributed by atoms with van der Waals surface area (Å²) in [4.78, 5) is 26.9. The number of carbonyl (C=O) groups is 2. The van der Waals surface area contributed by atoms with Crippen molar-refractivity contribution in [3.63, 3.8) is 0 Å². The SMILES string of the molecule is C=CC(=O)N1CCN(C(=O)C2(Cl)C=CC(O)=CC2c2ccccc2Cl)CC1. The summed E-state index contributed by atoms with van der Waals surface area (Å²) >= 11 is 13.2. The van der Waals surface area contributed by atoms with Crippen LogP contribution in [0.15, 0.2) is 60.9 Å². The van der Waals surface area contributed by atoms with Crippen molar-refractivity contribution >= 4 is 35.0 Å². The van der Waals surface area contributed by atoms with Crippen LogP contribution in [-0.4, -0.2) is 57.8 Å². The zero-order valence-electron chi connectivity index (χ0n) is 14.6. The molecule has 0 spiro atoms. The molecule has 0 bridgehead atoms. The van der Waals surface area contributed by atoms with Crippen LogP contribution in [0, 0.1) is 0 Å². The Kier molecular flexibility index (Phi) is 5.63. The van der Waals surface area contributed by atoms with Crippen molar-refractivity contribution in [3.8, 4) is 0 Å². The van der Waals surface area contributed by atoms with Crippen molar-refractivity contribution in [2.24, 2.45) is 0 Å². The van der Waals surface area contributed by atoms with E-state index in [-0.39, 0.29) is 17.6 Å². The molecule has 1 aromatic rings. The van der Waals surface area contributed by atoms with E-state index in [0.29, 0.717) is 36.8 Å². The third-order valence-electron chi connectivity index (χ3n) is 4.91. The number of halogens is 2. The summed E-state index contributed by atoms with van der Waals surface area (Å²) < 4.78 is 0. The molecule has 1 fully saturated rings. The molecular formula is C20H20Cl2N2O3. The molecule has 1 aliphatic carbocycles. The number of carbonyl (C=O) groups excluding carboxylic acids is 2. The maximum Gasteiger partial charge on any atom is 0.248 e. The van der Waals surface area contributed by atoms with Crippen LogP contribution in [0.25, 0.3) is 0 Å². The van der Waals surface area contributed by atoms with Gasteiger partial charge >= 0.3 is 0 Å². The zero-order chi connectivity index (χ0) is 19.6. The van der Waals surface area contributed by atoms with E-state index in [1.54, 1.807) is 34.1 Å². The van der Waals surface area contributed by atoms with E-state index in [2.05, 4.69) is 6.58 Å². The van der Waals surface area contributed by atoms with Gasteiger partial charge in [-0.25, -0.2) is 0 Å². The molecule has 0 saturated carbocycles. The number of piperazine rings is 1. The summed E-state index contributed by atoms with van der Waals surface area (Å²) in [6, 6.07) is 7.12. The summed E-state index contributed by atoms with van der Waals surface area (Å²) in [5.74, 6) is -1.01. The van der Waals surface area contributed by atoms with Gasteiger partial charge < -0.3 is 14.9 Å². The van der Waals surface area contributed by atoms with Crippen molar-refractivity contribution in [3.05, 3.63) is 71.5 Å². The fourth-order valence-corrected chi connectivity index (χ4v) is 4.02. The summed E-state index contributed by atoms with van der Waals surface area (Å²) in [6.07, 6.45) is 5.76. The van der Waals surface area contributed by atoms with Crippen molar-refractivity contribution in [2.75, 3.05) is 26.2 Å². The molecule has 3 rings (SSSR count). The van der Waals surface area contributed by atoms with Crippen molar-refractivity contribution < 1.29 is 14.7 Å². The van der Waals surface area contributed by atoms with Crippen molar-refractivity contribution in [1.82, 2.24) is 9.80 Å². The van der Waals surface area contributed by atoms with E-state index < -0.39 is 10.8 Å². The van der Waals surface area contributed by atoms with Gasteiger partial charge in [-0.1, -0.05) is 36.4 Å². The predicted octanol–water partition coefficient (Wildman–Crippen LogP) is 3.27. The van der Waals surface area contributed by atoms with Crippen LogP contribution in [0.5, 0.6) is 0 Å². The second-order valence-corrected chi connectivity index (χ2v) is 7.55. The molecule has 2 aliphatic rings. The molecule has 142 valence electrons. The maximum absolute atomic E-state index is 13.3. The van der Waals surface area contributed by atoms with Gasteiger partial charge in [-0.3, -0.25) is 9.59 Å². The molecule has 2 amide bonds. The van der Waals surface area contributed by atoms with Gasteiger partial charge in [-0.2, -0.15) is 0 Å². The molecule has 0 aromatic heterocycles. The lowest BCUT2D eigenvalue weighted by molar-refractivity contribution is -0.138. The Bertz CT molecular complexity index is 828. The Hall–Kier alpha value is -2.24. The second-order valence-electron chi connectivity index (χ2n) is 6.51. The number of aliphatic hydroxyl groups is 1. The van der Waals surface area contributed by atoms with Crippen LogP contribution < -0.4 is 0 Å². The molecule has 1 aromatic carbocycles. The van der Waals surface area contributed by atoms with Crippen LogP contribution in [0.2, 0.25) is 5.02 Å². The van der Waals surface area contributed by atoms with Crippen molar-refractivity contribution in [1.29, 1.82) is 0 Å². The topological polar surface area (TPSA) is 60.9 Å². The van der Waals surface area contributed by atoms with Gasteiger partial charge in [0.15, 0.2) is 4.87 Å². The first kappa shape index (κ1) is 19.5. The van der Waals surface area contributed by atoms with Gasteiger partial charge in [0, 0.05) is 37.1 Å². The number of aliphatic hydroxyl groups excluding tert-OH is 1. The highest BCUT2D eigenvalue weighted by Crippen LogP contribution is 2.43. The minimum atomic E-state index is -1.40. The van der Waals surface area contributed by atoms with Crippen LogP contribution in [0.4, 0.5) is 0 Å². The highest BCUT2D eigenvalue weighted by atomic mass is 35.5. The predicted molar refractivity (Wildman–Crippen MR) is 106 cm³/mol. The second kappa shape index (κ2) is 7.79. The first-order chi connectivity index (χ1) is 12.9. The van der Waals surface area contributed by atoms with Crippen LogP contribution >= 0.6 is 23.2 Å². The van der Waals surface area contributed by atoms with Crippen molar-refractivity contribution in [2.45, 2.75) is 10.8 Å². The van der Waals surface area contributed by atoms with Gasteiger partial charge in [-0.15, -0.1) is 11.6 Å². The highest BCUT2D eigenvalue weighted by molar-refractivity contribution is 6.38. The van der Waals surface area contributed by atoms with Crippen LogP contribution in [0.3, 0.4) is 0 Å². The number of allylic oxidation sites excluding steroid dienone is 2. The van der Waals surface area contributed by atoms with E-state index in [1.807, 2.05) is 6.07 Å². The minimum absolute atomic E-state index is 0.0328. The Balaban J connectivity index is 1.86. The summed E-state index contributed by atoms with van der Waals surface area (Å²) in [5.41, 5.74) is 0.666. The molecule has 1 aliphatic heterocycles. The number of amides is 2. The molecule has 27 heavy (non-hydrogen) atoms. The first-order valence-corrected chi connectivity index (χ1v) is 9.36. The number of rotatable bonds is 3. The Morgan fingerprint density at radius 1 is 1.19 bits per heavy atom. The molecule has 2 atom stereocenters. The monoisotopic (exact) mass is 406 g/mol. The van der Waals surface area contributed by atoms with E-state index in [0.717, 1.165) is 0 Å². The molecule has 1 heterocycles. The maximum atomic E-state index is 13.3. The number of hydrogen-bond acceptors (Lipinski definition) is 3. The molecule has 0 radical (unpaired) electrons. The lowest BCUT2D eigenvalue weighted by Crippen LogP contribution is -2.56. The molecule has 1 N–H and O–H groups in total. The van der Waals surface area contributed by atoms with Gasteiger partial charge in [-0.05, 0) is 35.9 Å². The number of hydrogen-bond donors (Lipinski definition) is 1. The van der Waals surface area contributed by atoms with E-state index in [4.69, 9.17) is 23.2 Å². The van der Waals surface area contributed by atoms with Crippen LogP contribution in [-0.2, 0) is 9.59 Å². The molecule has 2 unspecified atom stereocenters. The minimum Gasteiger partial charge on any atom is -0.508 e. The average molecular weight is 407 g/mol. The molecule has 5 nitrogen and oxygen atoms in total. The number of benzene rings is 1. The Morgan fingerprint density at radius 2 is 1.81 bits per heavy atom. The van der Waals surface area contributed by atoms with E-state index in [1.165, 1.54) is 18.2 Å². The number of nitrogens with zero attached hydrogens (tertiary/aromatic N) is 2. The smallest absolute Gasteiger partial charge is 0.248 e. The number of alkyl halides is 1. The fraction of sp³-hybridized carbons (Fsp3) is 0.300. The lowest BCUT2D eigenvalue weighted by atomic mass is 9.80. The first-order valence-electron chi connectivity index (χ1n) is 8.61. The van der Waals surface area contributed by atoms with Gasteiger partial charge in [0.1, 0.15) is 5.76 Å². The van der Waals surface area contributed by atoms with Gasteiger partial charge in [0.05, 0.1) is 0 Å². The van der Waals surface area contributed by atoms with Gasteiger partial charge in [0.2, 0.25) is 11.8 Å². The molecular weight excluding hydrogens is 387 g/mol. The normalized spacial score (nSPS) is 25.1. The summed E-state index contributed by atoms with van der Waals surface area (Å²) in [6.45, 7) is 5.09. The largest absolute Gasteiger partial charge is 0.508 e. The average Bonchev–Trinajstić information content (AvgIpc) is 2.69. The zero-order valence-corrected chi connectivity index (χ0v) is 16.2. The lowest BCUT2D eigenvalue weighted by Gasteiger charge is -2.40. The highest BCUT2D eigenvalue weighted by Gasteiger charge is 2.47. The third-order valence-corrected chi connectivity index (χ3v) is 5.77. The quantitative estimate of drug-likeness (QED) is 0.618. The molecule has 1 saturated heterocycles. The van der Waals surface area contributed by atoms with E-state index >= 15 is 0 Å². The fourth-order valence-electron chi connectivity index (χ4n) is 3.41. The standard InChI is InChI=1S/C20H20Cl2N2O3/c1-2-18(26)23-9-11-24(12-10-23)19(27)20(22)8-7-14(25)13-16(20)15-5-3-4-6-17(15)21/h2-8,13,16,25H,1,9-12H2. The van der Waals surface area contributed by atoms with Crippen LogP contribution in [0.1, 0.15) is 11.5 Å². The Labute approximate surface area is 168 Å². The van der Waals surface area contributed by atoms with E-state index in [9.17, 15) is 14.7 Å². The summed E-state index contributed by atoms with van der Waals surface area (Å²) in [5, 5.41) is 10.4. The Morgan fingerprint density at radius 3 is 2.44 bits per heavy atom. The third kappa shape index (κ3) is 3.75. The molecule has 7 heteroatoms. The summed E-state index contributed by atoms with van der Waals surface area (Å²) in [7, 11) is 0.